The first-order valence-electron chi connectivity index (χ1n) is 4.80. The Morgan fingerprint density at radius 2 is 1.81 bits per heavy atom. The van der Waals surface area contributed by atoms with Crippen molar-refractivity contribution in [3.05, 3.63) is 0 Å². The van der Waals surface area contributed by atoms with Crippen LogP contribution in [-0.2, 0) is 18.9 Å². The smallest absolute Gasteiger partial charge is 0.497 e. The molecule has 0 spiro atoms. The number of rotatable bonds is 2. The second kappa shape index (κ2) is 5.65. The van der Waals surface area contributed by atoms with Gasteiger partial charge < -0.3 is 14.4 Å². The Hall–Kier alpha value is -0.595. The highest BCUT2D eigenvalue weighted by molar-refractivity contribution is 9.10. The summed E-state index contributed by atoms with van der Waals surface area (Å²) in [5.41, 5.74) is 0. The minimum Gasteiger partial charge on any atom is -0.497 e. The fourth-order valence-electron chi connectivity index (χ4n) is 1.21. The van der Waals surface area contributed by atoms with Crippen LogP contribution in [0, 0.1) is 0 Å². The van der Waals surface area contributed by atoms with Gasteiger partial charge in [-0.2, -0.15) is 0 Å². The normalized spacial score (nSPS) is 22.9. The largest absolute Gasteiger partial charge is 0.615 e. The van der Waals surface area contributed by atoms with E-state index in [1.165, 1.54) is 11.8 Å². The highest BCUT2D eigenvalue weighted by Gasteiger charge is 2.40. The lowest BCUT2D eigenvalue weighted by atomic mass is 9.81. The number of halogens is 1. The zero-order chi connectivity index (χ0) is 12.3. The van der Waals surface area contributed by atoms with E-state index in [-0.39, 0.29) is 13.1 Å². The van der Waals surface area contributed by atoms with Crippen LogP contribution in [0.3, 0.4) is 0 Å². The van der Waals surface area contributed by atoms with Crippen molar-refractivity contribution < 1.29 is 24.0 Å². The monoisotopic (exact) mass is 293 g/mol. The molecule has 90 valence electrons. The van der Waals surface area contributed by atoms with Gasteiger partial charge in [0.05, 0.1) is 19.2 Å². The molecule has 0 unspecified atom stereocenters. The molecule has 1 N–H and O–H groups in total. The molecular weight excluding hydrogens is 281 g/mol. The van der Waals surface area contributed by atoms with E-state index >= 15 is 0 Å². The topological polar surface area (TPSA) is 76.1 Å². The highest BCUT2D eigenvalue weighted by atomic mass is 79.9. The molecule has 1 aliphatic rings. The predicted molar refractivity (Wildman–Crippen MR) is 59.8 cm³/mol. The molecule has 0 aromatic carbocycles. The molecule has 0 radical (unpaired) electrons. The standard InChI is InChI=1S/C8H13BBrNO5/c1-5(12)8(10)9-15-6(13)3-11(2)4-7(14)16-9/h5,8,12H,3-4H2,1-2H3/t5-,8-/m0/s1. The second-order valence-corrected chi connectivity index (χ2v) is 4.76. The summed E-state index contributed by atoms with van der Waals surface area (Å²) >= 11 is 3.12. The molecule has 0 bridgehead atoms. The van der Waals surface area contributed by atoms with Crippen LogP contribution in [0.1, 0.15) is 6.92 Å². The first-order valence-corrected chi connectivity index (χ1v) is 5.71. The Morgan fingerprint density at radius 1 is 1.38 bits per heavy atom. The second-order valence-electron chi connectivity index (χ2n) is 3.71. The van der Waals surface area contributed by atoms with Gasteiger partial charge in [-0.3, -0.25) is 14.5 Å². The summed E-state index contributed by atoms with van der Waals surface area (Å²) in [6.45, 7) is 1.54. The average molecular weight is 294 g/mol. The fraction of sp³-hybridized carbons (Fsp3) is 0.750. The maximum Gasteiger partial charge on any atom is 0.615 e. The minimum atomic E-state index is -1.09. The van der Waals surface area contributed by atoms with Crippen LogP contribution < -0.4 is 0 Å². The summed E-state index contributed by atoms with van der Waals surface area (Å²) in [5, 5.41) is 9.32. The third-order valence-electron chi connectivity index (χ3n) is 2.01. The highest BCUT2D eigenvalue weighted by Crippen LogP contribution is 2.14. The summed E-state index contributed by atoms with van der Waals surface area (Å²) in [7, 11) is 0.525. The zero-order valence-electron chi connectivity index (χ0n) is 9.05. The SMILES string of the molecule is C[C@H](O)[C@H](Br)B1OC(=O)CN(C)CC(=O)O1. The first-order chi connectivity index (χ1) is 7.40. The zero-order valence-corrected chi connectivity index (χ0v) is 10.6. The summed E-state index contributed by atoms with van der Waals surface area (Å²) in [6, 6.07) is 0. The summed E-state index contributed by atoms with van der Waals surface area (Å²) in [4.78, 5) is 24.2. The van der Waals surface area contributed by atoms with E-state index in [0.717, 1.165) is 0 Å². The quantitative estimate of drug-likeness (QED) is 0.530. The average Bonchev–Trinajstić information content (AvgIpc) is 2.12. The van der Waals surface area contributed by atoms with E-state index < -0.39 is 29.9 Å². The van der Waals surface area contributed by atoms with Crippen LogP contribution in [0.15, 0.2) is 0 Å². The fourth-order valence-corrected chi connectivity index (χ4v) is 1.43. The number of aliphatic hydroxyl groups is 1. The number of hydrogen-bond acceptors (Lipinski definition) is 6. The Kier molecular flexibility index (Phi) is 4.76. The molecule has 8 heteroatoms. The molecule has 0 saturated carbocycles. The van der Waals surface area contributed by atoms with Gasteiger partial charge >= 0.3 is 19.1 Å². The Balaban J connectivity index is 2.70. The number of hydrogen-bond donors (Lipinski definition) is 1. The van der Waals surface area contributed by atoms with Crippen molar-refractivity contribution in [3.8, 4) is 0 Å². The molecule has 6 nitrogen and oxygen atoms in total. The van der Waals surface area contributed by atoms with Crippen LogP contribution in [-0.4, -0.2) is 60.0 Å². The van der Waals surface area contributed by atoms with E-state index in [0.29, 0.717) is 0 Å². The van der Waals surface area contributed by atoms with Crippen LogP contribution in [0.25, 0.3) is 0 Å². The molecule has 1 rings (SSSR count). The van der Waals surface area contributed by atoms with Gasteiger partial charge in [-0.1, -0.05) is 15.9 Å². The predicted octanol–water partition coefficient (Wildman–Crippen LogP) is -0.810. The van der Waals surface area contributed by atoms with E-state index in [4.69, 9.17) is 9.31 Å². The van der Waals surface area contributed by atoms with Crippen molar-refractivity contribution in [2.24, 2.45) is 0 Å². The third-order valence-corrected chi connectivity index (χ3v) is 3.21. The lowest BCUT2D eigenvalue weighted by molar-refractivity contribution is -0.145. The molecule has 0 aromatic rings. The van der Waals surface area contributed by atoms with Crippen LogP contribution in [0.4, 0.5) is 0 Å². The molecule has 1 aliphatic heterocycles. The van der Waals surface area contributed by atoms with Gasteiger partial charge in [-0.05, 0) is 14.0 Å². The molecule has 1 fully saturated rings. The molecule has 0 aliphatic carbocycles. The van der Waals surface area contributed by atoms with Crippen molar-refractivity contribution in [2.45, 2.75) is 17.8 Å². The third kappa shape index (κ3) is 3.77. The molecule has 0 aromatic heterocycles. The maximum atomic E-state index is 11.3. The molecular formula is C8H13BBrNO5. The minimum absolute atomic E-state index is 0.0190. The number of nitrogens with zero attached hydrogens (tertiary/aromatic N) is 1. The van der Waals surface area contributed by atoms with Crippen molar-refractivity contribution in [3.63, 3.8) is 0 Å². The van der Waals surface area contributed by atoms with E-state index in [2.05, 4.69) is 15.9 Å². The number of aliphatic hydroxyl groups excluding tert-OH is 1. The van der Waals surface area contributed by atoms with Gasteiger partial charge in [0, 0.05) is 0 Å². The van der Waals surface area contributed by atoms with Gasteiger partial charge in [0.25, 0.3) is 0 Å². The molecule has 1 saturated heterocycles. The summed E-state index contributed by atoms with van der Waals surface area (Å²) in [6.07, 6.45) is -0.803. The van der Waals surface area contributed by atoms with Crippen LogP contribution in [0.2, 0.25) is 0 Å². The van der Waals surface area contributed by atoms with Gasteiger partial charge in [0.1, 0.15) is 4.73 Å². The number of carbonyl (C=O) groups is 2. The van der Waals surface area contributed by atoms with Gasteiger partial charge in [0.2, 0.25) is 0 Å². The molecule has 16 heavy (non-hydrogen) atoms. The van der Waals surface area contributed by atoms with Crippen molar-refractivity contribution in [1.29, 1.82) is 0 Å². The summed E-state index contributed by atoms with van der Waals surface area (Å²) in [5.74, 6) is -0.991. The van der Waals surface area contributed by atoms with Crippen LogP contribution in [0.5, 0.6) is 0 Å². The van der Waals surface area contributed by atoms with Crippen LogP contribution >= 0.6 is 15.9 Å². The lowest BCUT2D eigenvalue weighted by Crippen LogP contribution is -2.48. The number of carbonyl (C=O) groups excluding carboxylic acids is 2. The number of alkyl halides is 1. The molecule has 1 heterocycles. The maximum absolute atomic E-state index is 11.3. The van der Waals surface area contributed by atoms with Crippen molar-refractivity contribution in [1.82, 2.24) is 4.90 Å². The van der Waals surface area contributed by atoms with E-state index in [1.807, 2.05) is 0 Å². The van der Waals surface area contributed by atoms with Gasteiger partial charge in [-0.15, -0.1) is 0 Å². The Labute approximate surface area is 102 Å². The Morgan fingerprint density at radius 3 is 2.19 bits per heavy atom. The van der Waals surface area contributed by atoms with E-state index in [9.17, 15) is 14.7 Å². The van der Waals surface area contributed by atoms with Gasteiger partial charge in [0.15, 0.2) is 0 Å². The van der Waals surface area contributed by atoms with E-state index in [1.54, 1.807) is 7.05 Å². The van der Waals surface area contributed by atoms with Crippen molar-refractivity contribution in [2.75, 3.05) is 20.1 Å². The summed E-state index contributed by atoms with van der Waals surface area (Å²) < 4.78 is 9.21. The Bertz CT molecular complexity index is 268. The van der Waals surface area contributed by atoms with Gasteiger partial charge in [-0.25, -0.2) is 0 Å². The van der Waals surface area contributed by atoms with Crippen molar-refractivity contribution >= 4 is 35.0 Å². The first kappa shape index (κ1) is 13.5. The molecule has 0 amide bonds. The lowest BCUT2D eigenvalue weighted by Gasteiger charge is -2.25. The molecule has 2 atom stereocenters. The number of likely N-dealkylation sites (N-methyl/N-ethyl adjacent to an activating group) is 1.